The number of nitrogens with zero attached hydrogens (tertiary/aromatic N) is 4. The van der Waals surface area contributed by atoms with Crippen molar-refractivity contribution in [3.05, 3.63) is 42.4 Å². The number of benzene rings is 1. The van der Waals surface area contributed by atoms with Crippen LogP contribution in [0, 0.1) is 0 Å². The van der Waals surface area contributed by atoms with Crippen LogP contribution in [-0.2, 0) is 7.05 Å². The molecule has 0 saturated carbocycles. The number of aromatic nitrogens is 3. The van der Waals surface area contributed by atoms with Crippen LogP contribution < -0.4 is 15.4 Å². The van der Waals surface area contributed by atoms with Gasteiger partial charge in [0, 0.05) is 18.8 Å². The van der Waals surface area contributed by atoms with E-state index in [1.54, 1.807) is 17.7 Å². The Balaban J connectivity index is 1.70. The Hall–Kier alpha value is -3.34. The number of rotatable bonds is 11. The van der Waals surface area contributed by atoms with Crippen molar-refractivity contribution in [1.82, 2.24) is 24.8 Å². The summed E-state index contributed by atoms with van der Waals surface area (Å²) in [5.74, 6) is -0.0948. The van der Waals surface area contributed by atoms with Gasteiger partial charge in [0.15, 0.2) is 0 Å². The van der Waals surface area contributed by atoms with E-state index in [0.29, 0.717) is 28.2 Å². The zero-order chi connectivity index (χ0) is 25.6. The van der Waals surface area contributed by atoms with Crippen LogP contribution in [0.4, 0.5) is 24.7 Å². The second kappa shape index (κ2) is 11.4. The molecule has 1 amide bonds. The van der Waals surface area contributed by atoms with Gasteiger partial charge in [0.05, 0.1) is 5.39 Å². The summed E-state index contributed by atoms with van der Waals surface area (Å²) in [6, 6.07) is 7.03. The van der Waals surface area contributed by atoms with Gasteiger partial charge in [-0.25, -0.2) is 9.97 Å². The van der Waals surface area contributed by atoms with Crippen LogP contribution in [0.3, 0.4) is 0 Å². The topological polar surface area (TPSA) is 84.3 Å². The Kier molecular flexibility index (Phi) is 8.55. The van der Waals surface area contributed by atoms with Gasteiger partial charge in [-0.05, 0) is 69.7 Å². The number of nitrogens with one attached hydrogen (secondary N) is 2. The number of halogens is 3. The fourth-order valence-corrected chi connectivity index (χ4v) is 3.86. The Morgan fingerprint density at radius 1 is 1.17 bits per heavy atom. The van der Waals surface area contributed by atoms with Gasteiger partial charge in [0.25, 0.3) is 5.91 Å². The van der Waals surface area contributed by atoms with Gasteiger partial charge in [-0.1, -0.05) is 13.8 Å². The summed E-state index contributed by atoms with van der Waals surface area (Å²) in [5, 5.41) is 6.73. The lowest BCUT2D eigenvalue weighted by Gasteiger charge is -2.19. The lowest BCUT2D eigenvalue weighted by atomic mass is 10.1. The summed E-state index contributed by atoms with van der Waals surface area (Å²) in [6.07, 6.45) is -1.53. The molecule has 2 heterocycles. The predicted octanol–water partition coefficient (Wildman–Crippen LogP) is 4.85. The second-order valence-electron chi connectivity index (χ2n) is 8.29. The number of ether oxygens (including phenoxy) is 1. The van der Waals surface area contributed by atoms with Crippen molar-refractivity contribution in [3.63, 3.8) is 0 Å². The first-order chi connectivity index (χ1) is 16.6. The molecule has 3 rings (SSSR count). The minimum atomic E-state index is -4.75. The van der Waals surface area contributed by atoms with Crippen molar-refractivity contribution in [3.8, 4) is 5.75 Å². The van der Waals surface area contributed by atoms with Crippen molar-refractivity contribution in [2.45, 2.75) is 46.0 Å². The molecule has 1 unspecified atom stereocenters. The molecular formula is C24H31F3N6O2. The van der Waals surface area contributed by atoms with Crippen LogP contribution in [0.1, 0.15) is 44.1 Å². The first-order valence-electron chi connectivity index (χ1n) is 11.6. The van der Waals surface area contributed by atoms with E-state index < -0.39 is 6.36 Å². The van der Waals surface area contributed by atoms with E-state index in [9.17, 15) is 18.0 Å². The number of anilines is 2. The van der Waals surface area contributed by atoms with Crippen molar-refractivity contribution >= 4 is 28.4 Å². The van der Waals surface area contributed by atoms with Gasteiger partial charge in [-0.15, -0.1) is 13.2 Å². The summed E-state index contributed by atoms with van der Waals surface area (Å²) in [7, 11) is 1.75. The molecule has 1 aromatic carbocycles. The molecule has 0 fully saturated rings. The molecule has 2 N–H and O–H groups in total. The van der Waals surface area contributed by atoms with Crippen LogP contribution in [0.5, 0.6) is 5.75 Å². The van der Waals surface area contributed by atoms with Crippen LogP contribution in [0.2, 0.25) is 0 Å². The highest BCUT2D eigenvalue weighted by atomic mass is 19.4. The summed E-state index contributed by atoms with van der Waals surface area (Å²) < 4.78 is 42.7. The third kappa shape index (κ3) is 7.08. The number of amides is 1. The second-order valence-corrected chi connectivity index (χ2v) is 8.29. The van der Waals surface area contributed by atoms with Crippen LogP contribution in [0.15, 0.2) is 36.7 Å². The first kappa shape index (κ1) is 26.3. The zero-order valence-corrected chi connectivity index (χ0v) is 20.3. The largest absolute Gasteiger partial charge is 0.573 e. The van der Waals surface area contributed by atoms with E-state index in [-0.39, 0.29) is 17.7 Å². The van der Waals surface area contributed by atoms with E-state index in [4.69, 9.17) is 0 Å². The molecule has 11 heteroatoms. The third-order valence-electron chi connectivity index (χ3n) is 5.79. The molecule has 3 aromatic rings. The normalized spacial score (nSPS) is 12.7. The van der Waals surface area contributed by atoms with Crippen LogP contribution in [-0.4, -0.2) is 57.4 Å². The van der Waals surface area contributed by atoms with Crippen molar-refractivity contribution in [2.75, 3.05) is 25.0 Å². The minimum absolute atomic E-state index is 0.0113. The van der Waals surface area contributed by atoms with Gasteiger partial charge in [0.1, 0.15) is 29.2 Å². The maximum Gasteiger partial charge on any atom is 0.573 e. The summed E-state index contributed by atoms with van der Waals surface area (Å²) in [6.45, 7) is 9.28. The fourth-order valence-electron chi connectivity index (χ4n) is 3.86. The molecule has 1 atom stereocenters. The van der Waals surface area contributed by atoms with Gasteiger partial charge >= 0.3 is 6.36 Å². The molecule has 0 spiro atoms. The monoisotopic (exact) mass is 492 g/mol. The fraction of sp³-hybridized carbons (Fsp3) is 0.458. The summed E-state index contributed by atoms with van der Waals surface area (Å²) >= 11 is 0. The molecule has 0 saturated heterocycles. The average molecular weight is 493 g/mol. The molecule has 0 aliphatic heterocycles. The quantitative estimate of drug-likeness (QED) is 0.398. The van der Waals surface area contributed by atoms with Crippen molar-refractivity contribution < 1.29 is 22.7 Å². The molecule has 0 aliphatic carbocycles. The van der Waals surface area contributed by atoms with E-state index >= 15 is 0 Å². The Labute approximate surface area is 202 Å². The minimum Gasteiger partial charge on any atom is -0.406 e. The molecule has 35 heavy (non-hydrogen) atoms. The van der Waals surface area contributed by atoms with E-state index in [1.807, 2.05) is 6.92 Å². The van der Waals surface area contributed by atoms with Crippen molar-refractivity contribution in [1.29, 1.82) is 0 Å². The maximum atomic E-state index is 13.0. The maximum absolute atomic E-state index is 13.0. The van der Waals surface area contributed by atoms with E-state index in [2.05, 4.69) is 44.1 Å². The average Bonchev–Trinajstić information content (AvgIpc) is 3.15. The lowest BCUT2D eigenvalue weighted by Crippen LogP contribution is -2.34. The Bertz CT molecular complexity index is 1130. The van der Waals surface area contributed by atoms with Crippen LogP contribution in [0.25, 0.3) is 11.0 Å². The highest BCUT2D eigenvalue weighted by molar-refractivity contribution is 6.01. The molecular weight excluding hydrogens is 461 g/mol. The van der Waals surface area contributed by atoms with Crippen molar-refractivity contribution in [2.24, 2.45) is 7.05 Å². The molecule has 0 aliphatic rings. The number of hydrogen-bond acceptors (Lipinski definition) is 6. The standard InChI is InChI=1S/C24H31F3N6O2/c1-5-33(6-2)13-7-8-16(3)30-23(34)20-14-19-21(28-15-29-22(19)32(20)4)31-17-9-11-18(12-10-17)35-24(25,26)27/h9-12,14-16H,5-8,13H2,1-4H3,(H,30,34)(H,28,29,31). The highest BCUT2D eigenvalue weighted by Gasteiger charge is 2.31. The SMILES string of the molecule is CCN(CC)CCCC(C)NC(=O)c1cc2c(Nc3ccc(OC(F)(F)F)cc3)ncnc2n1C. The number of carbonyl (C=O) groups excluding carboxylic acids is 1. The highest BCUT2D eigenvalue weighted by Crippen LogP contribution is 2.28. The molecule has 190 valence electrons. The Morgan fingerprint density at radius 2 is 1.86 bits per heavy atom. The van der Waals surface area contributed by atoms with E-state index in [1.165, 1.54) is 30.6 Å². The molecule has 2 aromatic heterocycles. The van der Waals surface area contributed by atoms with E-state index in [0.717, 1.165) is 32.5 Å². The number of aryl methyl sites for hydroxylation is 1. The van der Waals surface area contributed by atoms with Gasteiger partial charge in [0.2, 0.25) is 0 Å². The number of hydrogen-bond donors (Lipinski definition) is 2. The third-order valence-corrected chi connectivity index (χ3v) is 5.79. The Morgan fingerprint density at radius 3 is 2.49 bits per heavy atom. The first-order valence-corrected chi connectivity index (χ1v) is 11.6. The van der Waals surface area contributed by atoms with Gasteiger partial charge < -0.3 is 24.8 Å². The lowest BCUT2D eigenvalue weighted by molar-refractivity contribution is -0.274. The molecule has 0 radical (unpaired) electrons. The predicted molar refractivity (Wildman–Crippen MR) is 129 cm³/mol. The number of fused-ring (bicyclic) bond motifs is 1. The number of alkyl halides is 3. The zero-order valence-electron chi connectivity index (χ0n) is 20.3. The summed E-state index contributed by atoms with van der Waals surface area (Å²) in [5.41, 5.74) is 1.50. The molecule has 8 nitrogen and oxygen atoms in total. The summed E-state index contributed by atoms with van der Waals surface area (Å²) in [4.78, 5) is 23.8. The number of carbonyl (C=O) groups is 1. The smallest absolute Gasteiger partial charge is 0.406 e. The van der Waals surface area contributed by atoms with Gasteiger partial charge in [-0.2, -0.15) is 0 Å². The van der Waals surface area contributed by atoms with Gasteiger partial charge in [-0.3, -0.25) is 4.79 Å². The molecule has 0 bridgehead atoms. The van der Waals surface area contributed by atoms with Crippen LogP contribution >= 0.6 is 0 Å².